The van der Waals surface area contributed by atoms with Crippen LogP contribution in [0, 0.1) is 5.82 Å². The third-order valence-electron chi connectivity index (χ3n) is 3.86. The number of rotatable bonds is 4. The summed E-state index contributed by atoms with van der Waals surface area (Å²) in [4.78, 5) is 23.4. The van der Waals surface area contributed by atoms with Crippen LogP contribution in [0.25, 0.3) is 22.0 Å². The minimum Gasteiger partial charge on any atom is -0.337 e. The number of hydrogen-bond acceptors (Lipinski definition) is 2. The number of pyridine rings is 1. The predicted octanol–water partition coefficient (Wildman–Crippen LogP) is 4.02. The predicted molar refractivity (Wildman–Crippen MR) is 88.7 cm³/mol. The van der Waals surface area contributed by atoms with E-state index in [2.05, 4.69) is 0 Å². The first kappa shape index (κ1) is 18.2. The van der Waals surface area contributed by atoms with Crippen LogP contribution in [0.4, 0.5) is 17.6 Å². The minimum atomic E-state index is -4.50. The summed E-state index contributed by atoms with van der Waals surface area (Å²) in [7, 11) is 0. The molecule has 3 rings (SSSR count). The van der Waals surface area contributed by atoms with Gasteiger partial charge in [-0.1, -0.05) is 17.7 Å². The van der Waals surface area contributed by atoms with Crippen LogP contribution < -0.4 is 5.56 Å². The van der Waals surface area contributed by atoms with Crippen molar-refractivity contribution in [3.63, 3.8) is 0 Å². The molecule has 0 bridgehead atoms. The average molecular weight is 387 g/mol. The molecule has 0 unspecified atom stereocenters. The number of carbonyl (C=O) groups is 1. The molecule has 26 heavy (non-hydrogen) atoms. The number of aromatic nitrogens is 2. The third kappa shape index (κ3) is 3.37. The van der Waals surface area contributed by atoms with Crippen molar-refractivity contribution in [3.05, 3.63) is 57.9 Å². The molecule has 0 saturated carbocycles. The fraction of sp³-hybridized carbons (Fsp3) is 0.176. The second-order valence-corrected chi connectivity index (χ2v) is 6.02. The minimum absolute atomic E-state index is 0.00118. The van der Waals surface area contributed by atoms with Crippen LogP contribution in [0.3, 0.4) is 0 Å². The van der Waals surface area contributed by atoms with Gasteiger partial charge >= 0.3 is 6.18 Å². The molecule has 0 N–H and O–H groups in total. The summed E-state index contributed by atoms with van der Waals surface area (Å²) < 4.78 is 54.0. The number of nitrogens with zero attached hydrogens (tertiary/aromatic N) is 2. The van der Waals surface area contributed by atoms with Gasteiger partial charge < -0.3 is 13.9 Å². The lowest BCUT2D eigenvalue weighted by molar-refractivity contribution is -0.139. The highest BCUT2D eigenvalue weighted by atomic mass is 35.5. The van der Waals surface area contributed by atoms with Crippen LogP contribution in [0.15, 0.2) is 41.5 Å². The molecule has 0 fully saturated rings. The fourth-order valence-corrected chi connectivity index (χ4v) is 2.96. The van der Waals surface area contributed by atoms with Gasteiger partial charge in [0.25, 0.3) is 5.56 Å². The Labute approximate surface area is 149 Å². The molecule has 0 radical (unpaired) electrons. The molecular formula is C17H11ClF4N2O2. The van der Waals surface area contributed by atoms with Crippen molar-refractivity contribution < 1.29 is 22.4 Å². The Morgan fingerprint density at radius 3 is 2.50 bits per heavy atom. The lowest BCUT2D eigenvalue weighted by Gasteiger charge is -2.09. The molecule has 0 saturated heterocycles. The number of fused-ring (bicyclic) bond motifs is 1. The first-order valence-electron chi connectivity index (χ1n) is 7.39. The van der Waals surface area contributed by atoms with Gasteiger partial charge in [0.2, 0.25) is 0 Å². The molecule has 4 nitrogen and oxygen atoms in total. The molecule has 136 valence electrons. The van der Waals surface area contributed by atoms with E-state index in [1.807, 2.05) is 0 Å². The number of carbonyl (C=O) groups excluding carboxylic acids is 1. The van der Waals surface area contributed by atoms with E-state index in [1.54, 1.807) is 0 Å². The van der Waals surface area contributed by atoms with Crippen LogP contribution in [0.2, 0.25) is 5.02 Å². The van der Waals surface area contributed by atoms with Crippen LogP contribution in [0.5, 0.6) is 0 Å². The zero-order chi connectivity index (χ0) is 19.1. The van der Waals surface area contributed by atoms with Crippen LogP contribution in [-0.2, 0) is 17.9 Å². The van der Waals surface area contributed by atoms with E-state index in [0.717, 1.165) is 15.2 Å². The number of aldehydes is 1. The monoisotopic (exact) mass is 386 g/mol. The molecule has 1 aromatic carbocycles. The van der Waals surface area contributed by atoms with E-state index in [0.29, 0.717) is 11.8 Å². The first-order chi connectivity index (χ1) is 12.2. The highest BCUT2D eigenvalue weighted by Gasteiger charge is 2.29. The van der Waals surface area contributed by atoms with E-state index in [1.165, 1.54) is 30.6 Å². The Bertz CT molecular complexity index is 1050. The number of alkyl halides is 3. The zero-order valence-corrected chi connectivity index (χ0v) is 13.8. The van der Waals surface area contributed by atoms with E-state index in [9.17, 15) is 27.2 Å². The first-order valence-corrected chi connectivity index (χ1v) is 7.77. The second-order valence-electron chi connectivity index (χ2n) is 5.61. The van der Waals surface area contributed by atoms with Gasteiger partial charge in [-0.2, -0.15) is 13.2 Å². The number of hydrogen-bond donors (Lipinski definition) is 0. The molecule has 0 amide bonds. The van der Waals surface area contributed by atoms with E-state index in [-0.39, 0.29) is 28.0 Å². The van der Waals surface area contributed by atoms with Crippen LogP contribution >= 0.6 is 11.6 Å². The van der Waals surface area contributed by atoms with E-state index in [4.69, 9.17) is 11.6 Å². The largest absolute Gasteiger partial charge is 0.406 e. The van der Waals surface area contributed by atoms with Crippen LogP contribution in [-0.4, -0.2) is 21.6 Å². The van der Waals surface area contributed by atoms with Crippen molar-refractivity contribution in [1.29, 1.82) is 0 Å². The number of benzene rings is 1. The lowest BCUT2D eigenvalue weighted by Crippen LogP contribution is -2.21. The summed E-state index contributed by atoms with van der Waals surface area (Å²) in [6.45, 7) is -1.53. The Morgan fingerprint density at radius 1 is 1.15 bits per heavy atom. The van der Waals surface area contributed by atoms with E-state index < -0.39 is 24.1 Å². The summed E-state index contributed by atoms with van der Waals surface area (Å²) in [5.41, 5.74) is -0.0874. The Balaban J connectivity index is 2.32. The van der Waals surface area contributed by atoms with Crippen molar-refractivity contribution in [1.82, 2.24) is 9.13 Å². The average Bonchev–Trinajstić information content (AvgIpc) is 2.90. The van der Waals surface area contributed by atoms with Gasteiger partial charge in [-0.25, -0.2) is 4.39 Å². The molecule has 0 atom stereocenters. The molecule has 3 aromatic rings. The standard InChI is InChI=1S/C17H11ClF4N2O2/c18-12-7-10(1-2-13(12)19)11-8-24(9-17(20,21)22)14-3-4-23(5-6-25)16(26)15(11)14/h1-4,6-8H,5,9H2. The molecule has 0 aliphatic carbocycles. The van der Waals surface area contributed by atoms with Gasteiger partial charge in [-0.05, 0) is 23.8 Å². The summed E-state index contributed by atoms with van der Waals surface area (Å²) >= 11 is 5.76. The lowest BCUT2D eigenvalue weighted by atomic mass is 10.1. The molecule has 9 heteroatoms. The van der Waals surface area contributed by atoms with Gasteiger partial charge in [-0.15, -0.1) is 0 Å². The maximum absolute atomic E-state index is 13.4. The van der Waals surface area contributed by atoms with E-state index >= 15 is 0 Å². The molecule has 2 aromatic heterocycles. The molecule has 0 aliphatic rings. The van der Waals surface area contributed by atoms with Crippen molar-refractivity contribution >= 4 is 28.8 Å². The molecule has 0 spiro atoms. The van der Waals surface area contributed by atoms with Crippen molar-refractivity contribution in [3.8, 4) is 11.1 Å². The van der Waals surface area contributed by atoms with Gasteiger partial charge in [-0.3, -0.25) is 4.79 Å². The smallest absolute Gasteiger partial charge is 0.337 e. The Kier molecular flexibility index (Phi) is 4.62. The molecular weight excluding hydrogens is 376 g/mol. The van der Waals surface area contributed by atoms with Crippen molar-refractivity contribution in [2.45, 2.75) is 19.3 Å². The van der Waals surface area contributed by atoms with Gasteiger partial charge in [0, 0.05) is 18.0 Å². The maximum atomic E-state index is 13.4. The summed E-state index contributed by atoms with van der Waals surface area (Å²) in [5, 5.41) is -0.218. The Morgan fingerprint density at radius 2 is 1.88 bits per heavy atom. The summed E-state index contributed by atoms with van der Waals surface area (Å²) in [6, 6.07) is 4.96. The maximum Gasteiger partial charge on any atom is 0.406 e. The summed E-state index contributed by atoms with van der Waals surface area (Å²) in [6.07, 6.45) is -1.56. The summed E-state index contributed by atoms with van der Waals surface area (Å²) in [5.74, 6) is -0.687. The quantitative estimate of drug-likeness (QED) is 0.502. The zero-order valence-electron chi connectivity index (χ0n) is 13.1. The van der Waals surface area contributed by atoms with Crippen molar-refractivity contribution in [2.75, 3.05) is 0 Å². The van der Waals surface area contributed by atoms with Gasteiger partial charge in [0.1, 0.15) is 18.6 Å². The normalized spacial score (nSPS) is 11.9. The van der Waals surface area contributed by atoms with Crippen molar-refractivity contribution in [2.24, 2.45) is 0 Å². The SMILES string of the molecule is O=CCn1ccc2c(c(-c3ccc(F)c(Cl)c3)cn2CC(F)(F)F)c1=O. The highest BCUT2D eigenvalue weighted by molar-refractivity contribution is 6.31. The fourth-order valence-electron chi connectivity index (χ4n) is 2.78. The van der Waals surface area contributed by atoms with Gasteiger partial charge in [0.05, 0.1) is 22.5 Å². The second kappa shape index (κ2) is 6.60. The highest BCUT2D eigenvalue weighted by Crippen LogP contribution is 2.32. The topological polar surface area (TPSA) is 44.0 Å². The van der Waals surface area contributed by atoms with Crippen LogP contribution in [0.1, 0.15) is 0 Å². The van der Waals surface area contributed by atoms with Gasteiger partial charge in [0.15, 0.2) is 0 Å². The third-order valence-corrected chi connectivity index (χ3v) is 4.15. The molecule has 2 heterocycles. The molecule has 0 aliphatic heterocycles. The Hall–Kier alpha value is -2.61. The number of halogens is 5.